The first-order valence-electron chi connectivity index (χ1n) is 6.74. The smallest absolute Gasteiger partial charge is 0.410 e. The number of amides is 1. The molecule has 1 aliphatic carbocycles. The highest BCUT2D eigenvalue weighted by Gasteiger charge is 2.70. The van der Waals surface area contributed by atoms with Crippen molar-refractivity contribution in [3.63, 3.8) is 0 Å². The van der Waals surface area contributed by atoms with Gasteiger partial charge in [-0.1, -0.05) is 0 Å². The average Bonchev–Trinajstić information content (AvgIpc) is 2.98. The Morgan fingerprint density at radius 3 is 3.05 bits per heavy atom. The van der Waals surface area contributed by atoms with Gasteiger partial charge in [0.2, 0.25) is 0 Å². The van der Waals surface area contributed by atoms with Crippen molar-refractivity contribution >= 4 is 23.7 Å². The molecule has 21 heavy (non-hydrogen) atoms. The van der Waals surface area contributed by atoms with Gasteiger partial charge in [0.05, 0.1) is 23.9 Å². The number of alkyl carbamates (subject to hydrolysis) is 1. The first-order valence-corrected chi connectivity index (χ1v) is 7.28. The van der Waals surface area contributed by atoms with E-state index in [1.807, 2.05) is 6.92 Å². The minimum atomic E-state index is -1.01. The number of hydrogen-bond donors (Lipinski definition) is 2. The third kappa shape index (κ3) is 2.34. The summed E-state index contributed by atoms with van der Waals surface area (Å²) in [5.41, 5.74) is -0.283. The highest BCUT2D eigenvalue weighted by atomic mass is 35.5. The first kappa shape index (κ1) is 14.5. The van der Waals surface area contributed by atoms with Crippen molar-refractivity contribution in [2.75, 3.05) is 12.4 Å². The Labute approximate surface area is 126 Å². The highest BCUT2D eigenvalue weighted by molar-refractivity contribution is 6.18. The molecule has 0 aromatic heterocycles. The van der Waals surface area contributed by atoms with Gasteiger partial charge in [-0.15, -0.1) is 11.6 Å². The van der Waals surface area contributed by atoms with Crippen molar-refractivity contribution < 1.29 is 28.9 Å². The summed E-state index contributed by atoms with van der Waals surface area (Å²) in [5, 5.41) is 11.7. The van der Waals surface area contributed by atoms with Crippen molar-refractivity contribution in [1.82, 2.24) is 5.32 Å². The maximum Gasteiger partial charge on any atom is 0.410 e. The van der Waals surface area contributed by atoms with Crippen LogP contribution in [0.3, 0.4) is 0 Å². The molecule has 8 heteroatoms. The van der Waals surface area contributed by atoms with Gasteiger partial charge in [-0.3, -0.25) is 0 Å². The Kier molecular flexibility index (Phi) is 3.49. The quantitative estimate of drug-likeness (QED) is 0.594. The number of carboxylic acids is 1. The standard InChI is InChI=1S/C13H16ClNO6/c1-13-8(21-13)4-6-7(10(16)17)5-19-11(9(6)13)20-12(18)15-3-2-14/h5-6,8-9,11H,2-4H2,1H3,(H,15,18)(H,16,17)/t6-,8+,9+,11+,13+/m1/s1. The molecule has 2 fully saturated rings. The number of carbonyl (C=O) groups is 2. The van der Waals surface area contributed by atoms with E-state index < -0.39 is 24.0 Å². The zero-order valence-corrected chi connectivity index (χ0v) is 12.1. The summed E-state index contributed by atoms with van der Waals surface area (Å²) < 4.78 is 16.2. The van der Waals surface area contributed by atoms with Crippen LogP contribution in [0.5, 0.6) is 0 Å². The van der Waals surface area contributed by atoms with Gasteiger partial charge in [0.1, 0.15) is 5.60 Å². The summed E-state index contributed by atoms with van der Waals surface area (Å²) >= 11 is 5.49. The number of nitrogens with one attached hydrogen (secondary N) is 1. The number of aliphatic carboxylic acids is 1. The number of rotatable bonds is 4. The molecule has 5 atom stereocenters. The van der Waals surface area contributed by atoms with E-state index in [0.29, 0.717) is 6.42 Å². The Morgan fingerprint density at radius 1 is 1.62 bits per heavy atom. The molecule has 0 spiro atoms. The van der Waals surface area contributed by atoms with Gasteiger partial charge in [-0.25, -0.2) is 9.59 Å². The van der Waals surface area contributed by atoms with Crippen LogP contribution in [0.15, 0.2) is 11.8 Å². The van der Waals surface area contributed by atoms with Crippen molar-refractivity contribution in [2.24, 2.45) is 11.8 Å². The molecule has 7 nitrogen and oxygen atoms in total. The van der Waals surface area contributed by atoms with Crippen LogP contribution in [-0.2, 0) is 19.0 Å². The van der Waals surface area contributed by atoms with E-state index in [2.05, 4.69) is 5.32 Å². The molecule has 1 saturated heterocycles. The highest BCUT2D eigenvalue weighted by Crippen LogP contribution is 2.60. The van der Waals surface area contributed by atoms with Crippen LogP contribution in [0, 0.1) is 11.8 Å². The van der Waals surface area contributed by atoms with Crippen LogP contribution in [0.1, 0.15) is 13.3 Å². The van der Waals surface area contributed by atoms with E-state index in [0.717, 1.165) is 0 Å². The maximum absolute atomic E-state index is 11.6. The first-order chi connectivity index (χ1) is 9.97. The second kappa shape index (κ2) is 5.06. The predicted octanol–water partition coefficient (Wildman–Crippen LogP) is 1.07. The van der Waals surface area contributed by atoms with Gasteiger partial charge in [-0.2, -0.15) is 0 Å². The monoisotopic (exact) mass is 317 g/mol. The van der Waals surface area contributed by atoms with Gasteiger partial charge >= 0.3 is 12.1 Å². The number of carbonyl (C=O) groups excluding carboxylic acids is 1. The zero-order valence-electron chi connectivity index (χ0n) is 11.4. The predicted molar refractivity (Wildman–Crippen MR) is 70.7 cm³/mol. The lowest BCUT2D eigenvalue weighted by Gasteiger charge is -2.35. The third-order valence-electron chi connectivity index (χ3n) is 4.40. The minimum absolute atomic E-state index is 0.00560. The average molecular weight is 318 g/mol. The van der Waals surface area contributed by atoms with Crippen molar-refractivity contribution in [2.45, 2.75) is 31.3 Å². The lowest BCUT2D eigenvalue weighted by atomic mass is 9.82. The molecule has 2 aliphatic heterocycles. The molecule has 0 unspecified atom stereocenters. The number of halogens is 1. The van der Waals surface area contributed by atoms with Gasteiger partial charge in [0.15, 0.2) is 0 Å². The topological polar surface area (TPSA) is 97.4 Å². The van der Waals surface area contributed by atoms with Crippen molar-refractivity contribution in [1.29, 1.82) is 0 Å². The lowest BCUT2D eigenvalue weighted by molar-refractivity contribution is -0.148. The number of ether oxygens (including phenoxy) is 3. The van der Waals surface area contributed by atoms with Crippen molar-refractivity contribution in [3.05, 3.63) is 11.8 Å². The fourth-order valence-corrected chi connectivity index (χ4v) is 3.42. The van der Waals surface area contributed by atoms with E-state index in [9.17, 15) is 14.7 Å². The Bertz CT molecular complexity index is 509. The molecule has 0 aromatic rings. The summed E-state index contributed by atoms with van der Waals surface area (Å²) in [6, 6.07) is 0. The number of alkyl halides is 1. The van der Waals surface area contributed by atoms with E-state index in [-0.39, 0.29) is 35.9 Å². The molecule has 1 amide bonds. The molecular weight excluding hydrogens is 302 g/mol. The van der Waals surface area contributed by atoms with Crippen LogP contribution in [0.4, 0.5) is 4.79 Å². The van der Waals surface area contributed by atoms with Gasteiger partial charge in [0, 0.05) is 18.3 Å². The van der Waals surface area contributed by atoms with E-state index >= 15 is 0 Å². The normalized spacial score (nSPS) is 39.4. The zero-order chi connectivity index (χ0) is 15.2. The van der Waals surface area contributed by atoms with E-state index in [4.69, 9.17) is 25.8 Å². The molecule has 116 valence electrons. The van der Waals surface area contributed by atoms with E-state index in [1.165, 1.54) is 6.26 Å². The molecule has 0 bridgehead atoms. The second-order valence-corrected chi connectivity index (χ2v) is 5.94. The van der Waals surface area contributed by atoms with Crippen LogP contribution in [0.25, 0.3) is 0 Å². The summed E-state index contributed by atoms with van der Waals surface area (Å²) in [6.07, 6.45) is 0.280. The molecule has 2 heterocycles. The third-order valence-corrected chi connectivity index (χ3v) is 4.59. The second-order valence-electron chi connectivity index (χ2n) is 5.56. The summed E-state index contributed by atoms with van der Waals surface area (Å²) in [7, 11) is 0. The molecule has 0 radical (unpaired) electrons. The summed E-state index contributed by atoms with van der Waals surface area (Å²) in [4.78, 5) is 22.9. The Morgan fingerprint density at radius 2 is 2.38 bits per heavy atom. The number of fused-ring (bicyclic) bond motifs is 3. The van der Waals surface area contributed by atoms with Gasteiger partial charge < -0.3 is 24.6 Å². The summed E-state index contributed by atoms with van der Waals surface area (Å²) in [6.45, 7) is 2.18. The van der Waals surface area contributed by atoms with Crippen LogP contribution in [-0.4, -0.2) is 47.6 Å². The SMILES string of the molecule is C[C@]12O[C@H]1C[C@@H]1C(C(=O)O)=CO[C@@H](OC(=O)NCCCl)[C@H]12. The van der Waals surface area contributed by atoms with Gasteiger partial charge in [0.25, 0.3) is 6.29 Å². The molecule has 3 aliphatic rings. The van der Waals surface area contributed by atoms with Crippen molar-refractivity contribution in [3.8, 4) is 0 Å². The number of epoxide rings is 1. The van der Waals surface area contributed by atoms with Crippen LogP contribution in [0.2, 0.25) is 0 Å². The fourth-order valence-electron chi connectivity index (χ4n) is 3.32. The Balaban J connectivity index is 1.76. The van der Waals surface area contributed by atoms with E-state index in [1.54, 1.807) is 0 Å². The van der Waals surface area contributed by atoms with Gasteiger partial charge in [-0.05, 0) is 13.3 Å². The molecule has 0 aromatic carbocycles. The number of hydrogen-bond acceptors (Lipinski definition) is 5. The van der Waals surface area contributed by atoms with Crippen LogP contribution < -0.4 is 5.32 Å². The summed E-state index contributed by atoms with van der Waals surface area (Å²) in [5.74, 6) is -1.29. The number of carboxylic acid groups (broad SMARTS) is 1. The molecule has 3 rings (SSSR count). The molecular formula is C13H16ClNO6. The fraction of sp³-hybridized carbons (Fsp3) is 0.692. The maximum atomic E-state index is 11.6. The lowest BCUT2D eigenvalue weighted by Crippen LogP contribution is -2.44. The largest absolute Gasteiger partial charge is 0.478 e. The minimum Gasteiger partial charge on any atom is -0.478 e. The Hall–Kier alpha value is -1.47. The molecule has 1 saturated carbocycles. The van der Waals surface area contributed by atoms with Crippen LogP contribution >= 0.6 is 11.6 Å². The molecule has 2 N–H and O–H groups in total.